The van der Waals surface area contributed by atoms with Crippen molar-refractivity contribution in [3.63, 3.8) is 0 Å². The highest BCUT2D eigenvalue weighted by Crippen LogP contribution is 2.20. The van der Waals surface area contributed by atoms with Crippen LogP contribution in [-0.4, -0.2) is 39.1 Å². The number of carbonyl (C=O) groups excluding carboxylic acids is 2. The fourth-order valence-electron chi connectivity index (χ4n) is 1.87. The van der Waals surface area contributed by atoms with Crippen molar-refractivity contribution in [2.75, 3.05) is 22.4 Å². The molecule has 0 aliphatic heterocycles. The van der Waals surface area contributed by atoms with Gasteiger partial charge >= 0.3 is 0 Å². The number of benzene rings is 1. The Bertz CT molecular complexity index is 656. The Morgan fingerprint density at radius 1 is 1.22 bits per heavy atom. The highest BCUT2D eigenvalue weighted by atomic mass is 32.2. The maximum absolute atomic E-state index is 12.0. The summed E-state index contributed by atoms with van der Waals surface area (Å²) in [5.74, 6) is -0.582. The Labute approximate surface area is 137 Å². The molecule has 0 bridgehead atoms. The Morgan fingerprint density at radius 3 is 2.22 bits per heavy atom. The van der Waals surface area contributed by atoms with E-state index in [1.165, 1.54) is 6.92 Å². The summed E-state index contributed by atoms with van der Waals surface area (Å²) in [6, 6.07) is 6.24. The van der Waals surface area contributed by atoms with Gasteiger partial charge in [-0.2, -0.15) is 0 Å². The third-order valence-corrected chi connectivity index (χ3v) is 4.32. The molecule has 1 atom stereocenters. The van der Waals surface area contributed by atoms with E-state index in [1.54, 1.807) is 24.3 Å². The lowest BCUT2D eigenvalue weighted by Crippen LogP contribution is -2.43. The van der Waals surface area contributed by atoms with Crippen molar-refractivity contribution in [2.24, 2.45) is 0 Å². The van der Waals surface area contributed by atoms with Crippen LogP contribution in [0.1, 0.15) is 27.2 Å². The summed E-state index contributed by atoms with van der Waals surface area (Å²) < 4.78 is 25.0. The molecule has 8 heteroatoms. The molecule has 1 rings (SSSR count). The van der Waals surface area contributed by atoms with Crippen molar-refractivity contribution < 1.29 is 18.0 Å². The largest absolute Gasteiger partial charge is 0.352 e. The van der Waals surface area contributed by atoms with Gasteiger partial charge in [-0.1, -0.05) is 6.92 Å². The first kappa shape index (κ1) is 19.0. The molecule has 1 unspecified atom stereocenters. The van der Waals surface area contributed by atoms with Gasteiger partial charge in [0.1, 0.15) is 6.54 Å². The minimum atomic E-state index is -3.61. The van der Waals surface area contributed by atoms with E-state index in [1.807, 2.05) is 13.8 Å². The van der Waals surface area contributed by atoms with Gasteiger partial charge < -0.3 is 10.6 Å². The van der Waals surface area contributed by atoms with Gasteiger partial charge in [0.2, 0.25) is 21.8 Å². The van der Waals surface area contributed by atoms with Crippen LogP contribution in [0.2, 0.25) is 0 Å². The standard InChI is InChI=1S/C15H23N3O4S/c1-5-11(2)16-15(20)10-18(23(4,21)22)14-8-6-13(7-9-14)17-12(3)19/h6-9,11H,5,10H2,1-4H3,(H,16,20)(H,17,19). The van der Waals surface area contributed by atoms with Crippen LogP contribution in [0, 0.1) is 0 Å². The molecule has 0 aliphatic carbocycles. The average Bonchev–Trinajstić information content (AvgIpc) is 2.44. The van der Waals surface area contributed by atoms with Crippen molar-refractivity contribution in [1.82, 2.24) is 5.32 Å². The van der Waals surface area contributed by atoms with E-state index in [9.17, 15) is 18.0 Å². The number of nitrogens with one attached hydrogen (secondary N) is 2. The fraction of sp³-hybridized carbons (Fsp3) is 0.467. The molecule has 1 aromatic carbocycles. The number of rotatable bonds is 7. The number of amides is 2. The molecule has 7 nitrogen and oxygen atoms in total. The van der Waals surface area contributed by atoms with Crippen LogP contribution in [-0.2, 0) is 19.6 Å². The molecular formula is C15H23N3O4S. The number of carbonyl (C=O) groups is 2. The monoisotopic (exact) mass is 341 g/mol. The van der Waals surface area contributed by atoms with Crippen molar-refractivity contribution >= 4 is 33.2 Å². The van der Waals surface area contributed by atoms with E-state index >= 15 is 0 Å². The van der Waals surface area contributed by atoms with Crippen LogP contribution in [0.3, 0.4) is 0 Å². The lowest BCUT2D eigenvalue weighted by molar-refractivity contribution is -0.120. The predicted molar refractivity (Wildman–Crippen MR) is 90.8 cm³/mol. The summed E-state index contributed by atoms with van der Waals surface area (Å²) in [7, 11) is -3.61. The zero-order chi connectivity index (χ0) is 17.6. The maximum atomic E-state index is 12.0. The molecule has 0 saturated carbocycles. The van der Waals surface area contributed by atoms with E-state index < -0.39 is 10.0 Å². The quantitative estimate of drug-likeness (QED) is 0.782. The van der Waals surface area contributed by atoms with Crippen LogP contribution < -0.4 is 14.9 Å². The number of hydrogen-bond acceptors (Lipinski definition) is 4. The molecule has 0 fully saturated rings. The fourth-order valence-corrected chi connectivity index (χ4v) is 2.72. The van der Waals surface area contributed by atoms with Gasteiger partial charge in [0.15, 0.2) is 0 Å². The van der Waals surface area contributed by atoms with E-state index in [2.05, 4.69) is 10.6 Å². The van der Waals surface area contributed by atoms with E-state index in [-0.39, 0.29) is 24.4 Å². The topological polar surface area (TPSA) is 95.6 Å². The Balaban J connectivity index is 2.95. The first-order valence-electron chi connectivity index (χ1n) is 7.28. The van der Waals surface area contributed by atoms with Gasteiger partial charge in [-0.15, -0.1) is 0 Å². The third-order valence-electron chi connectivity index (χ3n) is 3.18. The molecule has 1 aromatic rings. The van der Waals surface area contributed by atoms with Gasteiger partial charge in [0, 0.05) is 18.7 Å². The van der Waals surface area contributed by atoms with Gasteiger partial charge in [-0.05, 0) is 37.6 Å². The molecule has 0 aromatic heterocycles. The summed E-state index contributed by atoms with van der Waals surface area (Å²) in [5, 5.41) is 5.34. The van der Waals surface area contributed by atoms with Crippen LogP contribution in [0.4, 0.5) is 11.4 Å². The molecular weight excluding hydrogens is 318 g/mol. The first-order valence-corrected chi connectivity index (χ1v) is 9.13. The molecule has 128 valence electrons. The number of sulfonamides is 1. The molecule has 2 N–H and O–H groups in total. The molecule has 0 saturated heterocycles. The van der Waals surface area contributed by atoms with Crippen LogP contribution in [0.15, 0.2) is 24.3 Å². The van der Waals surface area contributed by atoms with Crippen LogP contribution in [0.5, 0.6) is 0 Å². The van der Waals surface area contributed by atoms with Crippen molar-refractivity contribution in [2.45, 2.75) is 33.2 Å². The van der Waals surface area contributed by atoms with Crippen LogP contribution >= 0.6 is 0 Å². The molecule has 23 heavy (non-hydrogen) atoms. The van der Waals surface area contributed by atoms with E-state index in [0.717, 1.165) is 17.0 Å². The second-order valence-electron chi connectivity index (χ2n) is 5.37. The third kappa shape index (κ3) is 6.27. The van der Waals surface area contributed by atoms with Crippen molar-refractivity contribution in [3.8, 4) is 0 Å². The Morgan fingerprint density at radius 2 is 1.78 bits per heavy atom. The minimum absolute atomic E-state index is 0.0222. The number of hydrogen-bond donors (Lipinski definition) is 2. The van der Waals surface area contributed by atoms with E-state index in [0.29, 0.717) is 11.4 Å². The zero-order valence-corrected chi connectivity index (χ0v) is 14.6. The summed E-state index contributed by atoms with van der Waals surface area (Å²) >= 11 is 0. The Hall–Kier alpha value is -2.09. The lowest BCUT2D eigenvalue weighted by atomic mass is 10.2. The summed E-state index contributed by atoms with van der Waals surface area (Å²) in [4.78, 5) is 23.0. The highest BCUT2D eigenvalue weighted by molar-refractivity contribution is 7.92. The second-order valence-corrected chi connectivity index (χ2v) is 7.28. The van der Waals surface area contributed by atoms with Gasteiger partial charge in [0.25, 0.3) is 0 Å². The zero-order valence-electron chi connectivity index (χ0n) is 13.8. The average molecular weight is 341 g/mol. The first-order chi connectivity index (χ1) is 10.6. The van der Waals surface area contributed by atoms with Crippen molar-refractivity contribution in [3.05, 3.63) is 24.3 Å². The van der Waals surface area contributed by atoms with Gasteiger partial charge in [0.05, 0.1) is 11.9 Å². The maximum Gasteiger partial charge on any atom is 0.240 e. The minimum Gasteiger partial charge on any atom is -0.352 e. The number of anilines is 2. The highest BCUT2D eigenvalue weighted by Gasteiger charge is 2.21. The summed E-state index contributed by atoms with van der Waals surface area (Å²) in [6.07, 6.45) is 1.81. The van der Waals surface area contributed by atoms with E-state index in [4.69, 9.17) is 0 Å². The smallest absolute Gasteiger partial charge is 0.240 e. The Kier molecular flexibility index (Phi) is 6.56. The molecule has 2 amide bonds. The molecule has 0 spiro atoms. The van der Waals surface area contributed by atoms with Gasteiger partial charge in [-0.3, -0.25) is 13.9 Å². The number of nitrogens with zero attached hydrogens (tertiary/aromatic N) is 1. The molecule has 0 heterocycles. The normalized spacial score (nSPS) is 12.3. The SMILES string of the molecule is CCC(C)NC(=O)CN(c1ccc(NC(C)=O)cc1)S(C)(=O)=O. The predicted octanol–water partition coefficient (Wildman–Crippen LogP) is 1.33. The second kappa shape index (κ2) is 7.96. The van der Waals surface area contributed by atoms with Crippen molar-refractivity contribution in [1.29, 1.82) is 0 Å². The molecule has 0 radical (unpaired) electrons. The summed E-state index contributed by atoms with van der Waals surface area (Å²) in [5.41, 5.74) is 0.916. The molecule has 0 aliphatic rings. The lowest BCUT2D eigenvalue weighted by Gasteiger charge is -2.23. The summed E-state index contributed by atoms with van der Waals surface area (Å²) in [6.45, 7) is 4.88. The van der Waals surface area contributed by atoms with Crippen LogP contribution in [0.25, 0.3) is 0 Å². The van der Waals surface area contributed by atoms with Gasteiger partial charge in [-0.25, -0.2) is 8.42 Å².